The summed E-state index contributed by atoms with van der Waals surface area (Å²) in [4.78, 5) is 25.4. The smallest absolute Gasteiger partial charge is 0.260 e. The Labute approximate surface area is 164 Å². The number of benzene rings is 2. The molecule has 1 heterocycles. The molecule has 150 valence electrons. The Bertz CT molecular complexity index is 965. The SMILES string of the molecule is CNC(=O)CS(=O)(=O)C1CCN(C(=O)COc2ccc3ccccc3c2)CC1. The summed E-state index contributed by atoms with van der Waals surface area (Å²) < 4.78 is 30.1. The Balaban J connectivity index is 1.51. The van der Waals surface area contributed by atoms with Crippen molar-refractivity contribution in [2.24, 2.45) is 0 Å². The first kappa shape index (κ1) is 20.1. The third-order valence-corrected chi connectivity index (χ3v) is 7.15. The van der Waals surface area contributed by atoms with Crippen LogP contribution in [0.15, 0.2) is 42.5 Å². The van der Waals surface area contributed by atoms with E-state index in [0.717, 1.165) is 10.8 Å². The fourth-order valence-corrected chi connectivity index (χ4v) is 5.01. The van der Waals surface area contributed by atoms with Crippen LogP contribution in [0.3, 0.4) is 0 Å². The standard InChI is InChI=1S/C20H24N2O5S/c1-21-19(23)14-28(25,26)18-8-10-22(11-9-18)20(24)13-27-17-7-6-15-4-2-3-5-16(15)12-17/h2-7,12,18H,8-11,13-14H2,1H3,(H,21,23). The van der Waals surface area contributed by atoms with E-state index >= 15 is 0 Å². The number of piperidine rings is 1. The van der Waals surface area contributed by atoms with Crippen molar-refractivity contribution in [2.45, 2.75) is 18.1 Å². The van der Waals surface area contributed by atoms with Gasteiger partial charge in [0.25, 0.3) is 5.91 Å². The zero-order valence-electron chi connectivity index (χ0n) is 15.8. The van der Waals surface area contributed by atoms with E-state index in [1.807, 2.05) is 42.5 Å². The summed E-state index contributed by atoms with van der Waals surface area (Å²) in [5.41, 5.74) is 0. The molecule has 0 radical (unpaired) electrons. The molecule has 0 aliphatic carbocycles. The van der Waals surface area contributed by atoms with E-state index in [2.05, 4.69) is 5.32 Å². The van der Waals surface area contributed by atoms with Crippen LogP contribution in [0.4, 0.5) is 0 Å². The maximum Gasteiger partial charge on any atom is 0.260 e. The molecule has 1 N–H and O–H groups in total. The molecule has 0 saturated carbocycles. The number of rotatable bonds is 6. The van der Waals surface area contributed by atoms with Crippen molar-refractivity contribution < 1.29 is 22.7 Å². The van der Waals surface area contributed by atoms with Crippen molar-refractivity contribution in [3.63, 3.8) is 0 Å². The van der Waals surface area contributed by atoms with Crippen LogP contribution in [-0.2, 0) is 19.4 Å². The lowest BCUT2D eigenvalue weighted by Crippen LogP contribution is -2.45. The van der Waals surface area contributed by atoms with Crippen molar-refractivity contribution in [1.29, 1.82) is 0 Å². The molecule has 2 aromatic carbocycles. The second-order valence-electron chi connectivity index (χ2n) is 6.86. The lowest BCUT2D eigenvalue weighted by Gasteiger charge is -2.31. The number of likely N-dealkylation sites (tertiary alicyclic amines) is 1. The van der Waals surface area contributed by atoms with E-state index in [0.29, 0.717) is 31.7 Å². The van der Waals surface area contributed by atoms with E-state index in [1.165, 1.54) is 7.05 Å². The topological polar surface area (TPSA) is 92.8 Å². The van der Waals surface area contributed by atoms with Gasteiger partial charge in [0.15, 0.2) is 16.4 Å². The quantitative estimate of drug-likeness (QED) is 0.785. The van der Waals surface area contributed by atoms with Crippen LogP contribution in [0.1, 0.15) is 12.8 Å². The summed E-state index contributed by atoms with van der Waals surface area (Å²) in [5, 5.41) is 3.88. The molecule has 3 rings (SSSR count). The molecule has 2 amide bonds. The maximum absolute atomic E-state index is 12.4. The highest BCUT2D eigenvalue weighted by atomic mass is 32.2. The first-order chi connectivity index (χ1) is 13.4. The Hall–Kier alpha value is -2.61. The highest BCUT2D eigenvalue weighted by molar-refractivity contribution is 7.92. The van der Waals surface area contributed by atoms with E-state index in [9.17, 15) is 18.0 Å². The number of sulfone groups is 1. The van der Waals surface area contributed by atoms with Crippen LogP contribution >= 0.6 is 0 Å². The molecule has 28 heavy (non-hydrogen) atoms. The fraction of sp³-hybridized carbons (Fsp3) is 0.400. The number of nitrogens with zero attached hydrogens (tertiary/aromatic N) is 1. The minimum Gasteiger partial charge on any atom is -0.484 e. The number of carbonyl (C=O) groups excluding carboxylic acids is 2. The molecule has 8 heteroatoms. The molecular weight excluding hydrogens is 380 g/mol. The lowest BCUT2D eigenvalue weighted by atomic mass is 10.1. The first-order valence-corrected chi connectivity index (χ1v) is 10.9. The Morgan fingerprint density at radius 1 is 1.11 bits per heavy atom. The molecule has 0 spiro atoms. The number of fused-ring (bicyclic) bond motifs is 1. The lowest BCUT2D eigenvalue weighted by molar-refractivity contribution is -0.134. The highest BCUT2D eigenvalue weighted by Crippen LogP contribution is 2.22. The molecule has 0 aromatic heterocycles. The van der Waals surface area contributed by atoms with E-state index in [1.54, 1.807) is 4.90 Å². The van der Waals surface area contributed by atoms with Gasteiger partial charge in [-0.3, -0.25) is 9.59 Å². The van der Waals surface area contributed by atoms with Crippen LogP contribution in [0.2, 0.25) is 0 Å². The molecule has 1 fully saturated rings. The van der Waals surface area contributed by atoms with Gasteiger partial charge in [0, 0.05) is 20.1 Å². The van der Waals surface area contributed by atoms with E-state index < -0.39 is 26.7 Å². The normalized spacial score (nSPS) is 15.4. The number of amides is 2. The van der Waals surface area contributed by atoms with Crippen molar-refractivity contribution in [1.82, 2.24) is 10.2 Å². The maximum atomic E-state index is 12.4. The Morgan fingerprint density at radius 2 is 1.79 bits per heavy atom. The zero-order valence-corrected chi connectivity index (χ0v) is 16.6. The molecule has 7 nitrogen and oxygen atoms in total. The molecule has 0 unspecified atom stereocenters. The van der Waals surface area contributed by atoms with E-state index in [4.69, 9.17) is 4.74 Å². The van der Waals surface area contributed by atoms with Crippen LogP contribution in [0.5, 0.6) is 5.75 Å². The van der Waals surface area contributed by atoms with Gasteiger partial charge in [-0.1, -0.05) is 30.3 Å². The number of hydrogen-bond acceptors (Lipinski definition) is 5. The summed E-state index contributed by atoms with van der Waals surface area (Å²) in [6.07, 6.45) is 0.669. The summed E-state index contributed by atoms with van der Waals surface area (Å²) in [6.45, 7) is 0.600. The van der Waals surface area contributed by atoms with Crippen LogP contribution in [-0.4, -0.2) is 62.9 Å². The third-order valence-electron chi connectivity index (χ3n) is 5.00. The summed E-state index contributed by atoms with van der Waals surface area (Å²) in [7, 11) is -2.09. The van der Waals surface area contributed by atoms with Crippen molar-refractivity contribution in [3.05, 3.63) is 42.5 Å². The Kier molecular flexibility index (Phi) is 6.18. The second kappa shape index (κ2) is 8.60. The first-order valence-electron chi connectivity index (χ1n) is 9.20. The minimum absolute atomic E-state index is 0.0893. The molecule has 1 saturated heterocycles. The van der Waals surface area contributed by atoms with Crippen LogP contribution in [0.25, 0.3) is 10.8 Å². The Morgan fingerprint density at radius 3 is 2.46 bits per heavy atom. The third kappa shape index (κ3) is 4.81. The summed E-state index contributed by atoms with van der Waals surface area (Å²) >= 11 is 0. The van der Waals surface area contributed by atoms with Crippen molar-refractivity contribution in [2.75, 3.05) is 32.5 Å². The van der Waals surface area contributed by atoms with Gasteiger partial charge < -0.3 is 15.0 Å². The molecule has 1 aliphatic rings. The average Bonchev–Trinajstić information content (AvgIpc) is 2.71. The predicted octanol–water partition coefficient (Wildman–Crippen LogP) is 1.37. The molecule has 1 aliphatic heterocycles. The van der Waals surface area contributed by atoms with Gasteiger partial charge in [0.1, 0.15) is 11.5 Å². The summed E-state index contributed by atoms with van der Waals surface area (Å²) in [5.74, 6) is -0.569. The number of hydrogen-bond donors (Lipinski definition) is 1. The van der Waals surface area contributed by atoms with Gasteiger partial charge in [-0.25, -0.2) is 8.42 Å². The second-order valence-corrected chi connectivity index (χ2v) is 9.14. The minimum atomic E-state index is -3.50. The molecular formula is C20H24N2O5S. The van der Waals surface area contributed by atoms with Gasteiger partial charge in [-0.15, -0.1) is 0 Å². The predicted molar refractivity (Wildman–Crippen MR) is 107 cm³/mol. The van der Waals surface area contributed by atoms with Crippen LogP contribution < -0.4 is 10.1 Å². The number of carbonyl (C=O) groups is 2. The van der Waals surface area contributed by atoms with Gasteiger partial charge in [0.05, 0.1) is 5.25 Å². The number of ether oxygens (including phenoxy) is 1. The van der Waals surface area contributed by atoms with E-state index in [-0.39, 0.29) is 12.5 Å². The van der Waals surface area contributed by atoms with Gasteiger partial charge in [-0.2, -0.15) is 0 Å². The molecule has 2 aromatic rings. The van der Waals surface area contributed by atoms with Gasteiger partial charge in [-0.05, 0) is 35.7 Å². The largest absolute Gasteiger partial charge is 0.484 e. The fourth-order valence-electron chi connectivity index (χ4n) is 3.33. The molecule has 0 bridgehead atoms. The van der Waals surface area contributed by atoms with Gasteiger partial charge >= 0.3 is 0 Å². The van der Waals surface area contributed by atoms with Crippen molar-refractivity contribution >= 4 is 32.4 Å². The van der Waals surface area contributed by atoms with Crippen molar-refractivity contribution in [3.8, 4) is 5.75 Å². The summed E-state index contributed by atoms with van der Waals surface area (Å²) in [6, 6.07) is 13.6. The van der Waals surface area contributed by atoms with Gasteiger partial charge in [0.2, 0.25) is 5.91 Å². The highest BCUT2D eigenvalue weighted by Gasteiger charge is 2.32. The zero-order chi connectivity index (χ0) is 20.1. The number of nitrogens with one attached hydrogen (secondary N) is 1. The average molecular weight is 404 g/mol. The van der Waals surface area contributed by atoms with Crippen LogP contribution in [0, 0.1) is 0 Å². The molecule has 0 atom stereocenters. The monoisotopic (exact) mass is 404 g/mol.